The number of carbonyl (C=O) groups is 1. The smallest absolute Gasteiger partial charge is 0.261 e. The Morgan fingerprint density at radius 2 is 2.06 bits per heavy atom. The average molecular weight is 234 g/mol. The van der Waals surface area contributed by atoms with Crippen molar-refractivity contribution in [3.63, 3.8) is 0 Å². The Balaban J connectivity index is 2.27. The number of carbonyl (C=O) groups excluding carboxylic acids is 1. The molecule has 1 amide bonds. The first kappa shape index (κ1) is 11.3. The van der Waals surface area contributed by atoms with Crippen LogP contribution in [0.4, 0.5) is 10.1 Å². The lowest BCUT2D eigenvalue weighted by Crippen LogP contribution is -2.14. The molecular weight excluding hydrogens is 223 g/mol. The highest BCUT2D eigenvalue weighted by Gasteiger charge is 2.18. The highest BCUT2D eigenvalue weighted by atomic mass is 19.1. The van der Waals surface area contributed by atoms with Gasteiger partial charge in [-0.1, -0.05) is 17.3 Å². The van der Waals surface area contributed by atoms with Gasteiger partial charge in [-0.25, -0.2) is 4.39 Å². The predicted molar refractivity (Wildman–Crippen MR) is 60.3 cm³/mol. The van der Waals surface area contributed by atoms with Crippen molar-refractivity contribution < 1.29 is 13.7 Å². The van der Waals surface area contributed by atoms with E-state index in [1.807, 2.05) is 0 Å². The lowest BCUT2D eigenvalue weighted by Gasteiger charge is -2.05. The molecule has 1 aromatic carbocycles. The summed E-state index contributed by atoms with van der Waals surface area (Å²) in [6, 6.07) is 5.97. The van der Waals surface area contributed by atoms with E-state index in [0.29, 0.717) is 17.0 Å². The van der Waals surface area contributed by atoms with Crippen LogP contribution in [-0.2, 0) is 0 Å². The van der Waals surface area contributed by atoms with Gasteiger partial charge < -0.3 is 9.84 Å². The Labute approximate surface area is 97.4 Å². The monoisotopic (exact) mass is 234 g/mol. The number of nitrogens with zero attached hydrogens (tertiary/aromatic N) is 1. The molecule has 1 aromatic heterocycles. The molecule has 0 saturated carbocycles. The molecular formula is C12H11FN2O2. The predicted octanol–water partition coefficient (Wildman–Crippen LogP) is 2.68. The van der Waals surface area contributed by atoms with Gasteiger partial charge >= 0.3 is 0 Å². The van der Waals surface area contributed by atoms with Crippen molar-refractivity contribution in [2.75, 3.05) is 5.32 Å². The van der Waals surface area contributed by atoms with Crippen LogP contribution in [0.25, 0.3) is 0 Å². The SMILES string of the molecule is Cc1noc(C)c1C(=O)Nc1ccccc1F. The summed E-state index contributed by atoms with van der Waals surface area (Å²) >= 11 is 0. The number of anilines is 1. The van der Waals surface area contributed by atoms with Gasteiger partial charge in [-0.05, 0) is 26.0 Å². The van der Waals surface area contributed by atoms with Crippen molar-refractivity contribution in [3.05, 3.63) is 47.1 Å². The van der Waals surface area contributed by atoms with Crippen LogP contribution >= 0.6 is 0 Å². The molecule has 2 aromatic rings. The molecule has 0 fully saturated rings. The van der Waals surface area contributed by atoms with Crippen LogP contribution in [0.5, 0.6) is 0 Å². The van der Waals surface area contributed by atoms with E-state index in [4.69, 9.17) is 4.52 Å². The molecule has 0 aliphatic rings. The second-order valence-corrected chi connectivity index (χ2v) is 3.63. The van der Waals surface area contributed by atoms with Crippen LogP contribution in [-0.4, -0.2) is 11.1 Å². The summed E-state index contributed by atoms with van der Waals surface area (Å²) in [5.41, 5.74) is 0.960. The van der Waals surface area contributed by atoms with Crippen molar-refractivity contribution >= 4 is 11.6 Å². The number of benzene rings is 1. The van der Waals surface area contributed by atoms with Gasteiger partial charge in [0.1, 0.15) is 17.1 Å². The van der Waals surface area contributed by atoms with Crippen molar-refractivity contribution in [2.45, 2.75) is 13.8 Å². The Morgan fingerprint density at radius 3 is 2.65 bits per heavy atom. The number of amides is 1. The van der Waals surface area contributed by atoms with Gasteiger partial charge in [0.05, 0.1) is 11.4 Å². The van der Waals surface area contributed by atoms with E-state index in [0.717, 1.165) is 0 Å². The number of hydrogen-bond donors (Lipinski definition) is 1. The molecule has 88 valence electrons. The zero-order valence-corrected chi connectivity index (χ0v) is 9.45. The minimum Gasteiger partial charge on any atom is -0.361 e. The summed E-state index contributed by atoms with van der Waals surface area (Å²) in [5.74, 6) is -0.490. The van der Waals surface area contributed by atoms with Gasteiger partial charge in [0, 0.05) is 0 Å². The van der Waals surface area contributed by atoms with Crippen LogP contribution in [0.1, 0.15) is 21.8 Å². The summed E-state index contributed by atoms with van der Waals surface area (Å²) < 4.78 is 18.2. The Bertz CT molecular complexity index is 544. The first-order valence-electron chi connectivity index (χ1n) is 5.08. The molecule has 2 rings (SSSR count). The lowest BCUT2D eigenvalue weighted by atomic mass is 10.2. The molecule has 17 heavy (non-hydrogen) atoms. The van der Waals surface area contributed by atoms with Crippen molar-refractivity contribution in [2.24, 2.45) is 0 Å². The second-order valence-electron chi connectivity index (χ2n) is 3.63. The molecule has 1 heterocycles. The van der Waals surface area contributed by atoms with E-state index in [2.05, 4.69) is 10.5 Å². The molecule has 0 spiro atoms. The zero-order chi connectivity index (χ0) is 12.4. The van der Waals surface area contributed by atoms with Crippen LogP contribution in [0.3, 0.4) is 0 Å². The molecule has 0 bridgehead atoms. The van der Waals surface area contributed by atoms with E-state index in [-0.39, 0.29) is 5.69 Å². The van der Waals surface area contributed by atoms with E-state index in [1.165, 1.54) is 12.1 Å². The number of aryl methyl sites for hydroxylation is 2. The fraction of sp³-hybridized carbons (Fsp3) is 0.167. The molecule has 0 saturated heterocycles. The third kappa shape index (κ3) is 2.18. The lowest BCUT2D eigenvalue weighted by molar-refractivity contribution is 0.102. The average Bonchev–Trinajstić information content (AvgIpc) is 2.62. The topological polar surface area (TPSA) is 55.1 Å². The molecule has 0 aliphatic carbocycles. The van der Waals surface area contributed by atoms with E-state index >= 15 is 0 Å². The number of halogens is 1. The molecule has 5 heteroatoms. The number of rotatable bonds is 2. The molecule has 4 nitrogen and oxygen atoms in total. The number of para-hydroxylation sites is 1. The van der Waals surface area contributed by atoms with Crippen molar-refractivity contribution in [1.29, 1.82) is 0 Å². The second kappa shape index (κ2) is 4.37. The fourth-order valence-corrected chi connectivity index (χ4v) is 1.55. The first-order valence-corrected chi connectivity index (χ1v) is 5.08. The molecule has 0 atom stereocenters. The third-order valence-corrected chi connectivity index (χ3v) is 2.38. The van der Waals surface area contributed by atoms with Gasteiger partial charge in [0.15, 0.2) is 0 Å². The number of aromatic nitrogens is 1. The van der Waals surface area contributed by atoms with Gasteiger partial charge in [-0.15, -0.1) is 0 Å². The highest BCUT2D eigenvalue weighted by Crippen LogP contribution is 2.17. The van der Waals surface area contributed by atoms with Gasteiger partial charge in [0.25, 0.3) is 5.91 Å². The van der Waals surface area contributed by atoms with Crippen LogP contribution < -0.4 is 5.32 Å². The molecule has 0 radical (unpaired) electrons. The summed E-state index contributed by atoms with van der Waals surface area (Å²) in [4.78, 5) is 11.9. The largest absolute Gasteiger partial charge is 0.361 e. The Morgan fingerprint density at radius 1 is 1.35 bits per heavy atom. The van der Waals surface area contributed by atoms with Crippen LogP contribution in [0.2, 0.25) is 0 Å². The summed E-state index contributed by atoms with van der Waals surface area (Å²) in [6.45, 7) is 3.29. The zero-order valence-electron chi connectivity index (χ0n) is 9.45. The molecule has 0 aliphatic heterocycles. The molecule has 0 unspecified atom stereocenters. The van der Waals surface area contributed by atoms with E-state index in [1.54, 1.807) is 26.0 Å². The van der Waals surface area contributed by atoms with E-state index < -0.39 is 11.7 Å². The van der Waals surface area contributed by atoms with Gasteiger partial charge in [0.2, 0.25) is 0 Å². The van der Waals surface area contributed by atoms with Crippen LogP contribution in [0.15, 0.2) is 28.8 Å². The number of hydrogen-bond acceptors (Lipinski definition) is 3. The minimum atomic E-state index is -0.479. The fourth-order valence-electron chi connectivity index (χ4n) is 1.55. The first-order chi connectivity index (χ1) is 8.09. The van der Waals surface area contributed by atoms with Gasteiger partial charge in [-0.2, -0.15) is 0 Å². The van der Waals surface area contributed by atoms with Crippen molar-refractivity contribution in [1.82, 2.24) is 5.16 Å². The maximum absolute atomic E-state index is 13.3. The van der Waals surface area contributed by atoms with E-state index in [9.17, 15) is 9.18 Å². The van der Waals surface area contributed by atoms with Crippen molar-refractivity contribution in [3.8, 4) is 0 Å². The maximum Gasteiger partial charge on any atom is 0.261 e. The minimum absolute atomic E-state index is 0.137. The highest BCUT2D eigenvalue weighted by molar-refractivity contribution is 6.05. The summed E-state index contributed by atoms with van der Waals surface area (Å²) in [5, 5.41) is 6.15. The number of nitrogens with one attached hydrogen (secondary N) is 1. The maximum atomic E-state index is 13.3. The third-order valence-electron chi connectivity index (χ3n) is 2.38. The Hall–Kier alpha value is -2.17. The summed E-state index contributed by atoms with van der Waals surface area (Å²) in [6.07, 6.45) is 0. The summed E-state index contributed by atoms with van der Waals surface area (Å²) in [7, 11) is 0. The normalized spacial score (nSPS) is 10.3. The Kier molecular flexibility index (Phi) is 2.91. The standard InChI is InChI=1S/C12H11FN2O2/c1-7-11(8(2)17-15-7)12(16)14-10-6-4-3-5-9(10)13/h3-6H,1-2H3,(H,14,16). The molecule has 1 N–H and O–H groups in total. The van der Waals surface area contributed by atoms with Gasteiger partial charge in [-0.3, -0.25) is 4.79 Å². The van der Waals surface area contributed by atoms with Crippen LogP contribution in [0, 0.1) is 19.7 Å². The quantitative estimate of drug-likeness (QED) is 0.869.